The standard InChI is InChI=1S/C22H24N4O/c1-2-22(27)26-10-6-9-17(14-26)18-11-19(16-7-4-3-5-8-16)25-21-13-23-15-24-20(21)12-18/h2-5,7-8,13,15,17-18H,1,6,9-12,14H2. The van der Waals surface area contributed by atoms with E-state index >= 15 is 0 Å². The van der Waals surface area contributed by atoms with E-state index in [2.05, 4.69) is 28.7 Å². The molecule has 2 aliphatic heterocycles. The van der Waals surface area contributed by atoms with Gasteiger partial charge in [-0.1, -0.05) is 36.9 Å². The van der Waals surface area contributed by atoms with Crippen molar-refractivity contribution in [2.24, 2.45) is 16.8 Å². The number of nitrogens with zero attached hydrogens (tertiary/aromatic N) is 4. The van der Waals surface area contributed by atoms with Gasteiger partial charge in [-0.05, 0) is 49.2 Å². The van der Waals surface area contributed by atoms with Gasteiger partial charge in [-0.25, -0.2) is 15.0 Å². The van der Waals surface area contributed by atoms with Crippen LogP contribution in [0.4, 0.5) is 5.69 Å². The van der Waals surface area contributed by atoms with Gasteiger partial charge < -0.3 is 4.90 Å². The largest absolute Gasteiger partial charge is 0.339 e. The normalized spacial score (nSPS) is 22.4. The zero-order valence-electron chi connectivity index (χ0n) is 15.4. The van der Waals surface area contributed by atoms with Crippen LogP contribution in [-0.4, -0.2) is 39.6 Å². The summed E-state index contributed by atoms with van der Waals surface area (Å²) in [4.78, 5) is 27.6. The Morgan fingerprint density at radius 2 is 2.04 bits per heavy atom. The van der Waals surface area contributed by atoms with Crippen LogP contribution < -0.4 is 0 Å². The first kappa shape index (κ1) is 17.6. The molecule has 2 atom stereocenters. The number of aliphatic imine (C=N–C) groups is 1. The van der Waals surface area contributed by atoms with Crippen LogP contribution in [0.1, 0.15) is 30.5 Å². The second kappa shape index (κ2) is 7.82. The molecule has 0 N–H and O–H groups in total. The fraction of sp³-hybridized carbons (Fsp3) is 0.364. The van der Waals surface area contributed by atoms with Gasteiger partial charge in [0.1, 0.15) is 12.0 Å². The van der Waals surface area contributed by atoms with Gasteiger partial charge in [0.25, 0.3) is 0 Å². The highest BCUT2D eigenvalue weighted by Gasteiger charge is 2.32. The number of aromatic nitrogens is 2. The van der Waals surface area contributed by atoms with Crippen LogP contribution in [0.15, 0.2) is 60.5 Å². The molecule has 2 aromatic rings. The van der Waals surface area contributed by atoms with E-state index in [0.29, 0.717) is 11.8 Å². The molecule has 1 fully saturated rings. The van der Waals surface area contributed by atoms with Gasteiger partial charge in [-0.15, -0.1) is 0 Å². The van der Waals surface area contributed by atoms with Crippen LogP contribution in [0.3, 0.4) is 0 Å². The maximum absolute atomic E-state index is 12.1. The second-order valence-corrected chi connectivity index (χ2v) is 7.34. The summed E-state index contributed by atoms with van der Waals surface area (Å²) in [6, 6.07) is 10.3. The van der Waals surface area contributed by atoms with Crippen molar-refractivity contribution in [1.29, 1.82) is 0 Å². The Hall–Kier alpha value is -2.82. The Balaban J connectivity index is 1.65. The molecule has 3 heterocycles. The molecule has 0 spiro atoms. The summed E-state index contributed by atoms with van der Waals surface area (Å²) >= 11 is 0. The number of amides is 1. The highest BCUT2D eigenvalue weighted by Crippen LogP contribution is 2.35. The molecule has 1 aromatic heterocycles. The average molecular weight is 360 g/mol. The number of likely N-dealkylation sites (tertiary alicyclic amines) is 1. The molecule has 0 bridgehead atoms. The molecular weight excluding hydrogens is 336 g/mol. The zero-order chi connectivity index (χ0) is 18.6. The zero-order valence-corrected chi connectivity index (χ0v) is 15.4. The molecular formula is C22H24N4O. The topological polar surface area (TPSA) is 58.5 Å². The summed E-state index contributed by atoms with van der Waals surface area (Å²) in [5.74, 6) is 0.881. The van der Waals surface area contributed by atoms with Crippen molar-refractivity contribution in [1.82, 2.24) is 14.9 Å². The lowest BCUT2D eigenvalue weighted by Gasteiger charge is -2.36. The summed E-state index contributed by atoms with van der Waals surface area (Å²) < 4.78 is 0. The fourth-order valence-electron chi connectivity index (χ4n) is 4.23. The van der Waals surface area contributed by atoms with E-state index in [4.69, 9.17) is 4.99 Å². The number of benzene rings is 1. The minimum absolute atomic E-state index is 0.0352. The summed E-state index contributed by atoms with van der Waals surface area (Å²) in [6.07, 6.45) is 8.77. The summed E-state index contributed by atoms with van der Waals surface area (Å²) in [5, 5.41) is 0. The van der Waals surface area contributed by atoms with Crippen LogP contribution in [0.5, 0.6) is 0 Å². The first-order chi connectivity index (χ1) is 13.2. The van der Waals surface area contributed by atoms with E-state index in [-0.39, 0.29) is 5.91 Å². The van der Waals surface area contributed by atoms with Crippen molar-refractivity contribution < 1.29 is 4.79 Å². The van der Waals surface area contributed by atoms with Gasteiger partial charge in [-0.3, -0.25) is 4.79 Å². The summed E-state index contributed by atoms with van der Waals surface area (Å²) in [6.45, 7) is 5.26. The third-order valence-electron chi connectivity index (χ3n) is 5.66. The summed E-state index contributed by atoms with van der Waals surface area (Å²) in [7, 11) is 0. The monoisotopic (exact) mass is 360 g/mol. The fourth-order valence-corrected chi connectivity index (χ4v) is 4.23. The highest BCUT2D eigenvalue weighted by molar-refractivity contribution is 6.02. The van der Waals surface area contributed by atoms with Gasteiger partial charge in [-0.2, -0.15) is 0 Å². The number of rotatable bonds is 3. The SMILES string of the molecule is C=CC(=O)N1CCCC(C2CC(c3ccccc3)=Nc3cncnc3C2)C1. The minimum Gasteiger partial charge on any atom is -0.339 e. The Bertz CT molecular complexity index is 862. The molecule has 2 unspecified atom stereocenters. The predicted molar refractivity (Wildman–Crippen MR) is 106 cm³/mol. The van der Waals surface area contributed by atoms with Crippen LogP contribution in [-0.2, 0) is 11.2 Å². The molecule has 0 saturated carbocycles. The van der Waals surface area contributed by atoms with E-state index in [1.165, 1.54) is 6.08 Å². The van der Waals surface area contributed by atoms with Crippen LogP contribution in [0.25, 0.3) is 0 Å². The Kier molecular flexibility index (Phi) is 5.10. The molecule has 1 aromatic carbocycles. The minimum atomic E-state index is 0.0352. The van der Waals surface area contributed by atoms with Crippen molar-refractivity contribution >= 4 is 17.3 Å². The first-order valence-corrected chi connectivity index (χ1v) is 9.58. The second-order valence-electron chi connectivity index (χ2n) is 7.34. The maximum Gasteiger partial charge on any atom is 0.245 e. The molecule has 1 saturated heterocycles. The lowest BCUT2D eigenvalue weighted by molar-refractivity contribution is -0.128. The molecule has 0 aliphatic carbocycles. The third kappa shape index (κ3) is 3.82. The quantitative estimate of drug-likeness (QED) is 0.786. The van der Waals surface area contributed by atoms with E-state index in [9.17, 15) is 4.79 Å². The Labute approximate surface area is 159 Å². The van der Waals surface area contributed by atoms with Gasteiger partial charge in [0.05, 0.1) is 11.9 Å². The van der Waals surface area contributed by atoms with Crippen molar-refractivity contribution in [3.63, 3.8) is 0 Å². The van der Waals surface area contributed by atoms with Gasteiger partial charge in [0.2, 0.25) is 5.91 Å². The lowest BCUT2D eigenvalue weighted by atomic mass is 9.79. The van der Waals surface area contributed by atoms with E-state index in [1.54, 1.807) is 6.33 Å². The molecule has 5 nitrogen and oxygen atoms in total. The Morgan fingerprint density at radius 1 is 1.19 bits per heavy atom. The summed E-state index contributed by atoms with van der Waals surface area (Å²) in [5.41, 5.74) is 4.11. The van der Waals surface area contributed by atoms with Crippen LogP contribution in [0, 0.1) is 11.8 Å². The number of carbonyl (C=O) groups is 1. The maximum atomic E-state index is 12.1. The van der Waals surface area contributed by atoms with Crippen molar-refractivity contribution in [3.8, 4) is 0 Å². The predicted octanol–water partition coefficient (Wildman–Crippen LogP) is 3.58. The van der Waals surface area contributed by atoms with Crippen LogP contribution >= 0.6 is 0 Å². The smallest absolute Gasteiger partial charge is 0.245 e. The number of carbonyl (C=O) groups excluding carboxylic acids is 1. The molecule has 5 heteroatoms. The van der Waals surface area contributed by atoms with Crippen molar-refractivity contribution in [2.75, 3.05) is 13.1 Å². The lowest BCUT2D eigenvalue weighted by Crippen LogP contribution is -2.42. The number of hydrogen-bond acceptors (Lipinski definition) is 4. The van der Waals surface area contributed by atoms with Crippen LogP contribution in [0.2, 0.25) is 0 Å². The molecule has 27 heavy (non-hydrogen) atoms. The molecule has 4 rings (SSSR count). The van der Waals surface area contributed by atoms with Gasteiger partial charge in [0.15, 0.2) is 0 Å². The van der Waals surface area contributed by atoms with Gasteiger partial charge in [0, 0.05) is 18.8 Å². The number of hydrogen-bond donors (Lipinski definition) is 0. The van der Waals surface area contributed by atoms with Crippen molar-refractivity contribution in [3.05, 3.63) is 66.8 Å². The van der Waals surface area contributed by atoms with E-state index in [1.807, 2.05) is 29.3 Å². The van der Waals surface area contributed by atoms with Gasteiger partial charge >= 0.3 is 0 Å². The Morgan fingerprint density at radius 3 is 2.85 bits per heavy atom. The number of fused-ring (bicyclic) bond motifs is 1. The van der Waals surface area contributed by atoms with E-state index in [0.717, 1.165) is 61.4 Å². The molecule has 0 radical (unpaired) electrons. The molecule has 138 valence electrons. The molecule has 2 aliphatic rings. The van der Waals surface area contributed by atoms with Crippen molar-refractivity contribution in [2.45, 2.75) is 25.7 Å². The third-order valence-corrected chi connectivity index (χ3v) is 5.66. The average Bonchev–Trinajstić information content (AvgIpc) is 2.94. The highest BCUT2D eigenvalue weighted by atomic mass is 16.2. The number of piperidine rings is 1. The van der Waals surface area contributed by atoms with E-state index < -0.39 is 0 Å². The first-order valence-electron chi connectivity index (χ1n) is 9.58. The molecule has 1 amide bonds.